The van der Waals surface area contributed by atoms with E-state index in [0.29, 0.717) is 10.4 Å². The summed E-state index contributed by atoms with van der Waals surface area (Å²) in [5.41, 5.74) is 0. The lowest BCUT2D eigenvalue weighted by atomic mass is 10.1. The van der Waals surface area contributed by atoms with Crippen molar-refractivity contribution in [2.45, 2.75) is 4.90 Å². The van der Waals surface area contributed by atoms with Gasteiger partial charge in [-0.3, -0.25) is 4.18 Å². The summed E-state index contributed by atoms with van der Waals surface area (Å²) in [4.78, 5) is 0.157. The van der Waals surface area contributed by atoms with Gasteiger partial charge in [0.1, 0.15) is 4.90 Å². The van der Waals surface area contributed by atoms with Crippen molar-refractivity contribution in [3.63, 3.8) is 0 Å². The van der Waals surface area contributed by atoms with Gasteiger partial charge >= 0.3 is 0 Å². The van der Waals surface area contributed by atoms with Crippen LogP contribution in [0.5, 0.6) is 0 Å². The van der Waals surface area contributed by atoms with E-state index in [1.54, 1.807) is 30.3 Å². The van der Waals surface area contributed by atoms with Crippen molar-refractivity contribution in [3.8, 4) is 0 Å². The summed E-state index contributed by atoms with van der Waals surface area (Å²) in [5, 5.41) is 1.94. The molecule has 0 fully saturated rings. The van der Waals surface area contributed by atoms with Crippen LogP contribution in [0.1, 0.15) is 0 Å². The molecule has 0 bridgehead atoms. The van der Waals surface area contributed by atoms with Crippen LogP contribution >= 0.6 is 11.6 Å². The Bertz CT molecular complexity index is 635. The standard InChI is InChI=1S/C11H9ClO3S/c1-15-16(13,14)11-4-2-3-8-7-9(12)5-6-10(8)11/h2-7H,1H3. The fourth-order valence-corrected chi connectivity index (χ4v) is 2.59. The highest BCUT2D eigenvalue weighted by Gasteiger charge is 2.16. The maximum absolute atomic E-state index is 11.6. The topological polar surface area (TPSA) is 43.4 Å². The summed E-state index contributed by atoms with van der Waals surface area (Å²) in [6.45, 7) is 0. The average molecular weight is 257 g/mol. The molecule has 0 N–H and O–H groups in total. The van der Waals surface area contributed by atoms with E-state index < -0.39 is 10.1 Å². The zero-order valence-electron chi connectivity index (χ0n) is 8.48. The third-order valence-corrected chi connectivity index (χ3v) is 3.86. The first-order valence-electron chi connectivity index (χ1n) is 4.53. The molecule has 0 aliphatic heterocycles. The van der Waals surface area contributed by atoms with E-state index in [1.807, 2.05) is 0 Å². The fourth-order valence-electron chi connectivity index (χ4n) is 1.53. The van der Waals surface area contributed by atoms with Crippen LogP contribution in [0.15, 0.2) is 41.3 Å². The van der Waals surface area contributed by atoms with Gasteiger partial charge < -0.3 is 0 Å². The molecule has 3 nitrogen and oxygen atoms in total. The molecule has 0 spiro atoms. The molecule has 0 unspecified atom stereocenters. The highest BCUT2D eigenvalue weighted by molar-refractivity contribution is 7.87. The van der Waals surface area contributed by atoms with Gasteiger partial charge in [-0.1, -0.05) is 29.8 Å². The third-order valence-electron chi connectivity index (χ3n) is 2.29. The Morgan fingerprint density at radius 1 is 1.19 bits per heavy atom. The van der Waals surface area contributed by atoms with E-state index in [-0.39, 0.29) is 4.90 Å². The van der Waals surface area contributed by atoms with Gasteiger partial charge in [-0.15, -0.1) is 0 Å². The maximum atomic E-state index is 11.6. The Labute approximate surface area is 98.7 Å². The van der Waals surface area contributed by atoms with Crippen molar-refractivity contribution < 1.29 is 12.6 Å². The largest absolute Gasteiger partial charge is 0.297 e. The van der Waals surface area contributed by atoms with E-state index >= 15 is 0 Å². The predicted molar refractivity (Wildman–Crippen MR) is 63.2 cm³/mol. The average Bonchev–Trinajstić information content (AvgIpc) is 2.27. The second-order valence-electron chi connectivity index (χ2n) is 3.24. The third kappa shape index (κ3) is 1.91. The molecule has 0 aliphatic carbocycles. The number of rotatable bonds is 2. The monoisotopic (exact) mass is 256 g/mol. The van der Waals surface area contributed by atoms with Crippen LogP contribution in [0, 0.1) is 0 Å². The lowest BCUT2D eigenvalue weighted by molar-refractivity contribution is 0.398. The lowest BCUT2D eigenvalue weighted by Crippen LogP contribution is -2.03. The summed E-state index contributed by atoms with van der Waals surface area (Å²) in [7, 11) is -2.54. The maximum Gasteiger partial charge on any atom is 0.297 e. The van der Waals surface area contributed by atoms with Crippen molar-refractivity contribution >= 4 is 32.5 Å². The van der Waals surface area contributed by atoms with E-state index in [1.165, 1.54) is 6.07 Å². The lowest BCUT2D eigenvalue weighted by Gasteiger charge is -2.06. The molecule has 16 heavy (non-hydrogen) atoms. The van der Waals surface area contributed by atoms with Crippen LogP contribution in [0.2, 0.25) is 5.02 Å². The van der Waals surface area contributed by atoms with Crippen LogP contribution in [0.3, 0.4) is 0 Å². The molecule has 0 atom stereocenters. The predicted octanol–water partition coefficient (Wildman–Crippen LogP) is 2.83. The zero-order chi connectivity index (χ0) is 11.8. The van der Waals surface area contributed by atoms with Gasteiger partial charge in [0.05, 0.1) is 7.11 Å². The molecule has 0 aromatic heterocycles. The highest BCUT2D eigenvalue weighted by atomic mass is 35.5. The Hall–Kier alpha value is -1.10. The van der Waals surface area contributed by atoms with Crippen LogP contribution in [0.25, 0.3) is 10.8 Å². The van der Waals surface area contributed by atoms with E-state index in [9.17, 15) is 8.42 Å². The van der Waals surface area contributed by atoms with Crippen molar-refractivity contribution in [1.29, 1.82) is 0 Å². The van der Waals surface area contributed by atoms with Crippen molar-refractivity contribution in [2.75, 3.05) is 7.11 Å². The molecule has 0 saturated heterocycles. The number of benzene rings is 2. The molecular weight excluding hydrogens is 248 g/mol. The molecule has 2 aromatic rings. The minimum absolute atomic E-state index is 0.157. The molecule has 0 saturated carbocycles. The molecule has 2 aromatic carbocycles. The SMILES string of the molecule is COS(=O)(=O)c1cccc2cc(Cl)ccc12. The molecule has 0 radical (unpaired) electrons. The van der Waals surface area contributed by atoms with Crippen LogP contribution in [-0.4, -0.2) is 15.5 Å². The van der Waals surface area contributed by atoms with Crippen molar-refractivity contribution in [3.05, 3.63) is 41.4 Å². The van der Waals surface area contributed by atoms with E-state index in [4.69, 9.17) is 11.6 Å². The van der Waals surface area contributed by atoms with Gasteiger partial charge in [0.2, 0.25) is 0 Å². The van der Waals surface area contributed by atoms with Crippen LogP contribution in [0.4, 0.5) is 0 Å². The van der Waals surface area contributed by atoms with Crippen molar-refractivity contribution in [1.82, 2.24) is 0 Å². The summed E-state index contributed by atoms with van der Waals surface area (Å²) < 4.78 is 27.8. The second kappa shape index (κ2) is 4.05. The molecule has 0 aliphatic rings. The minimum Gasteiger partial charge on any atom is -0.270 e. The number of halogens is 1. The molecular formula is C11H9ClO3S. The summed E-state index contributed by atoms with van der Waals surface area (Å²) in [6.07, 6.45) is 0. The molecule has 0 amide bonds. The molecule has 5 heteroatoms. The van der Waals surface area contributed by atoms with Crippen LogP contribution in [-0.2, 0) is 14.3 Å². The summed E-state index contributed by atoms with van der Waals surface area (Å²) in [5.74, 6) is 0. The molecule has 0 heterocycles. The van der Waals surface area contributed by atoms with Gasteiger partial charge in [0.25, 0.3) is 10.1 Å². The van der Waals surface area contributed by atoms with Gasteiger partial charge in [-0.25, -0.2) is 0 Å². The number of hydrogen-bond donors (Lipinski definition) is 0. The van der Waals surface area contributed by atoms with Crippen molar-refractivity contribution in [2.24, 2.45) is 0 Å². The number of fused-ring (bicyclic) bond motifs is 1. The summed E-state index contributed by atoms with van der Waals surface area (Å²) in [6, 6.07) is 10.0. The first-order chi connectivity index (χ1) is 7.54. The first kappa shape index (κ1) is 11.4. The molecule has 2 rings (SSSR count). The van der Waals surface area contributed by atoms with Gasteiger partial charge in [-0.05, 0) is 23.6 Å². The normalized spacial score (nSPS) is 11.9. The highest BCUT2D eigenvalue weighted by Crippen LogP contribution is 2.26. The Balaban J connectivity index is 2.82. The molecule has 84 valence electrons. The number of hydrogen-bond acceptors (Lipinski definition) is 3. The summed E-state index contributed by atoms with van der Waals surface area (Å²) >= 11 is 5.84. The Morgan fingerprint density at radius 3 is 2.62 bits per heavy atom. The van der Waals surface area contributed by atoms with Gasteiger partial charge in [0, 0.05) is 10.4 Å². The quantitative estimate of drug-likeness (QED) is 0.776. The van der Waals surface area contributed by atoms with Gasteiger partial charge in [-0.2, -0.15) is 8.42 Å². The Kier molecular flexibility index (Phi) is 2.88. The van der Waals surface area contributed by atoms with Crippen LogP contribution < -0.4 is 0 Å². The first-order valence-corrected chi connectivity index (χ1v) is 6.32. The smallest absolute Gasteiger partial charge is 0.270 e. The minimum atomic E-state index is -3.68. The zero-order valence-corrected chi connectivity index (χ0v) is 10.0. The van der Waals surface area contributed by atoms with Gasteiger partial charge in [0.15, 0.2) is 0 Å². The van der Waals surface area contributed by atoms with E-state index in [2.05, 4.69) is 4.18 Å². The fraction of sp³-hybridized carbons (Fsp3) is 0.0909. The van der Waals surface area contributed by atoms with E-state index in [0.717, 1.165) is 12.5 Å². The Morgan fingerprint density at radius 2 is 1.94 bits per heavy atom. The second-order valence-corrected chi connectivity index (χ2v) is 5.36.